The van der Waals surface area contributed by atoms with Crippen molar-refractivity contribution in [2.75, 3.05) is 6.54 Å². The van der Waals surface area contributed by atoms with Crippen LogP contribution in [-0.2, 0) is 15.4 Å². The Morgan fingerprint density at radius 3 is 1.71 bits per heavy atom. The first kappa shape index (κ1) is 27.3. The lowest BCUT2D eigenvalue weighted by atomic mass is 10.0. The summed E-state index contributed by atoms with van der Waals surface area (Å²) in [5.41, 5.74) is 2.66. The van der Waals surface area contributed by atoms with Gasteiger partial charge in [-0.25, -0.2) is 0 Å². The third-order valence-corrected chi connectivity index (χ3v) is 17.3. The normalized spacial score (nSPS) is 22.8. The minimum atomic E-state index is -2.02. The van der Waals surface area contributed by atoms with Crippen molar-refractivity contribution in [3.63, 3.8) is 0 Å². The molecule has 0 saturated carbocycles. The van der Waals surface area contributed by atoms with Crippen molar-refractivity contribution in [2.24, 2.45) is 0 Å². The number of rotatable bonds is 7. The van der Waals surface area contributed by atoms with E-state index in [1.54, 1.807) is 0 Å². The summed E-state index contributed by atoms with van der Waals surface area (Å²) in [5.74, 6) is 0. The predicted octanol–water partition coefficient (Wildman–Crippen LogP) is 8.02. The van der Waals surface area contributed by atoms with Crippen molar-refractivity contribution in [1.29, 1.82) is 0 Å². The molecule has 0 radical (unpaired) electrons. The molecular weight excluding hydrogens is 450 g/mol. The molecule has 1 aliphatic rings. The number of hydrogen-bond acceptors (Lipinski definition) is 3. The van der Waals surface area contributed by atoms with Gasteiger partial charge in [0.25, 0.3) is 0 Å². The zero-order valence-electron chi connectivity index (χ0n) is 23.2. The second kappa shape index (κ2) is 10.0. The van der Waals surface area contributed by atoms with Crippen LogP contribution in [0, 0.1) is 0 Å². The van der Waals surface area contributed by atoms with Gasteiger partial charge in [-0.3, -0.25) is 4.90 Å². The molecular formula is C29H47NO2Si2. The van der Waals surface area contributed by atoms with E-state index in [1.807, 2.05) is 0 Å². The van der Waals surface area contributed by atoms with E-state index in [2.05, 4.69) is 133 Å². The lowest BCUT2D eigenvalue weighted by Crippen LogP contribution is -2.51. The average Bonchev–Trinajstić information content (AvgIpc) is 3.03. The second-order valence-corrected chi connectivity index (χ2v) is 22.5. The quantitative estimate of drug-likeness (QED) is 0.361. The molecule has 188 valence electrons. The number of hydrogen-bond donors (Lipinski definition) is 0. The van der Waals surface area contributed by atoms with Crippen molar-refractivity contribution in [2.45, 2.75) is 103 Å². The van der Waals surface area contributed by atoms with E-state index >= 15 is 0 Å². The molecule has 3 nitrogen and oxygen atoms in total. The van der Waals surface area contributed by atoms with Gasteiger partial charge in [-0.05, 0) is 47.4 Å². The summed E-state index contributed by atoms with van der Waals surface area (Å²) in [4.78, 5) is 2.60. The molecule has 3 atom stereocenters. The first-order valence-corrected chi connectivity index (χ1v) is 18.6. The van der Waals surface area contributed by atoms with E-state index in [0.29, 0.717) is 0 Å². The van der Waals surface area contributed by atoms with E-state index in [0.717, 1.165) is 13.1 Å². The fourth-order valence-electron chi connectivity index (χ4n) is 4.21. The Morgan fingerprint density at radius 1 is 0.735 bits per heavy atom. The molecule has 0 bridgehead atoms. The summed E-state index contributed by atoms with van der Waals surface area (Å²) >= 11 is 0. The third-order valence-electron chi connectivity index (χ3n) is 8.34. The van der Waals surface area contributed by atoms with Gasteiger partial charge in [-0.1, -0.05) is 102 Å². The van der Waals surface area contributed by atoms with Gasteiger partial charge in [0.15, 0.2) is 16.6 Å². The maximum atomic E-state index is 7.26. The van der Waals surface area contributed by atoms with Gasteiger partial charge in [0.2, 0.25) is 0 Å². The van der Waals surface area contributed by atoms with Gasteiger partial charge in [0.05, 0.1) is 18.2 Å². The summed E-state index contributed by atoms with van der Waals surface area (Å²) in [6.45, 7) is 25.2. The van der Waals surface area contributed by atoms with Crippen LogP contribution in [-0.4, -0.2) is 40.3 Å². The smallest absolute Gasteiger partial charge is 0.192 e. The van der Waals surface area contributed by atoms with Gasteiger partial charge >= 0.3 is 0 Å². The van der Waals surface area contributed by atoms with E-state index in [4.69, 9.17) is 8.85 Å². The van der Waals surface area contributed by atoms with Crippen LogP contribution in [0.5, 0.6) is 0 Å². The molecule has 2 aromatic carbocycles. The van der Waals surface area contributed by atoms with E-state index < -0.39 is 16.6 Å². The van der Waals surface area contributed by atoms with Crippen LogP contribution in [0.4, 0.5) is 0 Å². The molecule has 0 aromatic heterocycles. The van der Waals surface area contributed by atoms with Crippen molar-refractivity contribution in [3.8, 4) is 0 Å². The van der Waals surface area contributed by atoms with Crippen LogP contribution < -0.4 is 0 Å². The number of benzene rings is 2. The highest BCUT2D eigenvalue weighted by molar-refractivity contribution is 6.74. The summed E-state index contributed by atoms with van der Waals surface area (Å²) in [6, 6.07) is 21.9. The summed E-state index contributed by atoms with van der Waals surface area (Å²) in [7, 11) is -4.00. The van der Waals surface area contributed by atoms with Gasteiger partial charge in [0.1, 0.15) is 0 Å². The van der Waals surface area contributed by atoms with Gasteiger partial charge in [0, 0.05) is 13.1 Å². The molecule has 1 heterocycles. The lowest BCUT2D eigenvalue weighted by Gasteiger charge is -2.44. The minimum absolute atomic E-state index is 0.0149. The lowest BCUT2D eigenvalue weighted by molar-refractivity contribution is 0.0512. The maximum Gasteiger partial charge on any atom is 0.192 e. The molecule has 0 amide bonds. The van der Waals surface area contributed by atoms with Gasteiger partial charge < -0.3 is 8.85 Å². The van der Waals surface area contributed by atoms with Gasteiger partial charge in [-0.15, -0.1) is 0 Å². The highest BCUT2D eigenvalue weighted by Gasteiger charge is 2.51. The molecule has 5 heteroatoms. The van der Waals surface area contributed by atoms with Crippen LogP contribution in [0.1, 0.15) is 58.7 Å². The van der Waals surface area contributed by atoms with Crippen LogP contribution in [0.25, 0.3) is 0 Å². The highest BCUT2D eigenvalue weighted by atomic mass is 28.4. The molecule has 1 fully saturated rings. The summed E-state index contributed by atoms with van der Waals surface area (Å²) in [5, 5.41) is 0.298. The van der Waals surface area contributed by atoms with Crippen LogP contribution in [0.2, 0.25) is 36.3 Å². The second-order valence-electron chi connectivity index (χ2n) is 13.0. The molecule has 0 aliphatic carbocycles. The molecule has 0 spiro atoms. The Morgan fingerprint density at radius 2 is 1.21 bits per heavy atom. The van der Waals surface area contributed by atoms with Crippen molar-refractivity contribution < 1.29 is 8.85 Å². The summed E-state index contributed by atoms with van der Waals surface area (Å²) in [6.07, 6.45) is 0.0741. The Labute approximate surface area is 211 Å². The largest absolute Gasteiger partial charge is 0.410 e. The van der Waals surface area contributed by atoms with Crippen molar-refractivity contribution in [3.05, 3.63) is 71.8 Å². The molecule has 1 aliphatic heterocycles. The molecule has 0 N–H and O–H groups in total. The monoisotopic (exact) mass is 497 g/mol. The fraction of sp³-hybridized carbons (Fsp3) is 0.586. The molecule has 0 unspecified atom stereocenters. The fourth-order valence-corrected chi connectivity index (χ4v) is 6.84. The number of likely N-dealkylation sites (tertiary alicyclic amines) is 1. The molecule has 2 aromatic rings. The maximum absolute atomic E-state index is 7.26. The standard InChI is InChI=1S/C29H47NO2Si2/c1-28(2,3)33(7,8)31-25-22-30(21-23-17-13-11-14-18-23)26(24-19-15-12-16-20-24)27(25)32-34(9,10)29(4,5)6/h11-20,25-27H,21-22H2,1-10H3/t25-,26-,27+/m0/s1. The van der Waals surface area contributed by atoms with Gasteiger partial charge in [-0.2, -0.15) is 0 Å². The topological polar surface area (TPSA) is 21.7 Å². The highest BCUT2D eigenvalue weighted by Crippen LogP contribution is 2.46. The SMILES string of the molecule is CC(C)(C)[Si](C)(C)O[C@@H]1[C@@H](O[Si](C)(C)C(C)(C)C)CN(Cc2ccccc2)[C@H]1c1ccccc1. The Balaban J connectivity index is 2.05. The van der Waals surface area contributed by atoms with Crippen LogP contribution >= 0.6 is 0 Å². The van der Waals surface area contributed by atoms with Crippen LogP contribution in [0.3, 0.4) is 0 Å². The van der Waals surface area contributed by atoms with Crippen LogP contribution in [0.15, 0.2) is 60.7 Å². The first-order chi connectivity index (χ1) is 15.6. The minimum Gasteiger partial charge on any atom is -0.410 e. The molecule has 1 saturated heterocycles. The Hall–Kier alpha value is -1.25. The van der Waals surface area contributed by atoms with E-state index in [1.165, 1.54) is 11.1 Å². The average molecular weight is 498 g/mol. The third kappa shape index (κ3) is 6.11. The molecule has 3 rings (SSSR count). The summed E-state index contributed by atoms with van der Waals surface area (Å²) < 4.78 is 14.4. The molecule has 34 heavy (non-hydrogen) atoms. The zero-order valence-corrected chi connectivity index (χ0v) is 25.2. The first-order valence-electron chi connectivity index (χ1n) is 12.8. The number of nitrogens with zero attached hydrogens (tertiary/aromatic N) is 1. The Bertz CT molecular complexity index is 917. The zero-order chi connectivity index (χ0) is 25.4. The predicted molar refractivity (Wildman–Crippen MR) is 150 cm³/mol. The van der Waals surface area contributed by atoms with E-state index in [-0.39, 0.29) is 28.3 Å². The van der Waals surface area contributed by atoms with Crippen molar-refractivity contribution in [1.82, 2.24) is 4.90 Å². The van der Waals surface area contributed by atoms with E-state index in [9.17, 15) is 0 Å². The Kier molecular flexibility index (Phi) is 8.06. The van der Waals surface area contributed by atoms with Crippen molar-refractivity contribution >= 4 is 16.6 Å².